The van der Waals surface area contributed by atoms with Gasteiger partial charge in [0.05, 0.1) is 23.9 Å². The average molecular weight is 408 g/mol. The fraction of sp³-hybridized carbons (Fsp3) is 0.333. The highest BCUT2D eigenvalue weighted by molar-refractivity contribution is 6.16. The Morgan fingerprint density at radius 1 is 1.10 bits per heavy atom. The number of hydrogen-bond acceptors (Lipinski definition) is 5. The largest absolute Gasteiger partial charge is 0.503 e. The van der Waals surface area contributed by atoms with Crippen molar-refractivity contribution in [3.05, 3.63) is 65.4 Å². The van der Waals surface area contributed by atoms with Gasteiger partial charge in [-0.05, 0) is 36.2 Å². The number of ether oxygens (including phenoxy) is 1. The van der Waals surface area contributed by atoms with Gasteiger partial charge in [0, 0.05) is 26.2 Å². The van der Waals surface area contributed by atoms with Crippen LogP contribution in [0.1, 0.15) is 38.3 Å². The van der Waals surface area contributed by atoms with Gasteiger partial charge >= 0.3 is 0 Å². The van der Waals surface area contributed by atoms with Gasteiger partial charge < -0.3 is 14.7 Å². The first-order chi connectivity index (χ1) is 14.4. The number of benzene rings is 2. The quantitative estimate of drug-likeness (QED) is 0.700. The van der Waals surface area contributed by atoms with Crippen LogP contribution in [-0.4, -0.2) is 37.5 Å². The molecule has 0 fully saturated rings. The van der Waals surface area contributed by atoms with Crippen LogP contribution in [0.25, 0.3) is 0 Å². The molecular weight excluding hydrogens is 380 g/mol. The molecule has 0 radical (unpaired) electrons. The van der Waals surface area contributed by atoms with E-state index in [1.54, 1.807) is 19.1 Å². The minimum absolute atomic E-state index is 0.130. The summed E-state index contributed by atoms with van der Waals surface area (Å²) in [6.45, 7) is 4.23. The molecule has 1 unspecified atom stereocenters. The fourth-order valence-electron chi connectivity index (χ4n) is 3.59. The maximum Gasteiger partial charge on any atom is 0.294 e. The van der Waals surface area contributed by atoms with Crippen molar-refractivity contribution in [2.75, 3.05) is 30.5 Å². The van der Waals surface area contributed by atoms with Crippen LogP contribution in [0.4, 0.5) is 11.4 Å². The fourth-order valence-corrected chi connectivity index (χ4v) is 3.59. The van der Waals surface area contributed by atoms with Gasteiger partial charge in [-0.1, -0.05) is 38.1 Å². The molecule has 1 aliphatic heterocycles. The van der Waals surface area contributed by atoms with Crippen LogP contribution >= 0.6 is 0 Å². The molecule has 1 heterocycles. The molecule has 1 amide bonds. The van der Waals surface area contributed by atoms with Gasteiger partial charge in [-0.25, -0.2) is 0 Å². The Bertz CT molecular complexity index is 963. The lowest BCUT2D eigenvalue weighted by molar-refractivity contribution is -0.118. The number of para-hydroxylation sites is 2. The molecule has 0 saturated heterocycles. The van der Waals surface area contributed by atoms with Gasteiger partial charge in [0.15, 0.2) is 11.5 Å². The first-order valence-electron chi connectivity index (χ1n) is 10.2. The number of nitrogens with zero attached hydrogens (tertiary/aromatic N) is 2. The topological polar surface area (TPSA) is 70.1 Å². The Hall–Kier alpha value is -3.28. The van der Waals surface area contributed by atoms with Crippen molar-refractivity contribution in [2.45, 2.75) is 32.7 Å². The molecule has 2 aromatic carbocycles. The number of amides is 1. The minimum atomic E-state index is -0.715. The third-order valence-electron chi connectivity index (χ3n) is 5.14. The number of aliphatic hydroxyl groups is 1. The van der Waals surface area contributed by atoms with Crippen molar-refractivity contribution < 1.29 is 19.4 Å². The van der Waals surface area contributed by atoms with E-state index in [2.05, 4.69) is 0 Å². The first-order valence-corrected chi connectivity index (χ1v) is 10.2. The molecule has 1 aliphatic rings. The zero-order chi connectivity index (χ0) is 21.8. The van der Waals surface area contributed by atoms with E-state index in [0.717, 1.165) is 17.7 Å². The standard InChI is InChI=1S/C24H28N2O4/c1-5-15-30-20-10-8-7-9-18(20)26-22(16-11-13-17(14-12-16)25(3)4)21(19(27)6-2)23(28)24(26)29/h7-14,22,28H,5-6,15H2,1-4H3. The summed E-state index contributed by atoms with van der Waals surface area (Å²) >= 11 is 0. The lowest BCUT2D eigenvalue weighted by atomic mass is 9.94. The van der Waals surface area contributed by atoms with Crippen LogP contribution in [-0.2, 0) is 9.59 Å². The van der Waals surface area contributed by atoms with Crippen LogP contribution in [0.3, 0.4) is 0 Å². The molecule has 6 nitrogen and oxygen atoms in total. The highest BCUT2D eigenvalue weighted by atomic mass is 16.5. The number of carbonyl (C=O) groups is 2. The van der Waals surface area contributed by atoms with Crippen LogP contribution in [0, 0.1) is 0 Å². The van der Waals surface area contributed by atoms with Crippen LogP contribution in [0.15, 0.2) is 59.9 Å². The van der Waals surface area contributed by atoms with Gasteiger partial charge in [-0.3, -0.25) is 14.5 Å². The van der Waals surface area contributed by atoms with E-state index in [-0.39, 0.29) is 17.8 Å². The second-order valence-electron chi connectivity index (χ2n) is 7.42. The summed E-state index contributed by atoms with van der Waals surface area (Å²) < 4.78 is 5.85. The van der Waals surface area contributed by atoms with Gasteiger partial charge in [0.2, 0.25) is 0 Å². The van der Waals surface area contributed by atoms with Crippen molar-refractivity contribution in [1.29, 1.82) is 0 Å². The number of aliphatic hydroxyl groups excluding tert-OH is 1. The van der Waals surface area contributed by atoms with Crippen LogP contribution < -0.4 is 14.5 Å². The number of anilines is 2. The molecular formula is C24H28N2O4. The van der Waals surface area contributed by atoms with E-state index >= 15 is 0 Å². The minimum Gasteiger partial charge on any atom is -0.503 e. The summed E-state index contributed by atoms with van der Waals surface area (Å²) in [5.74, 6) is -0.799. The van der Waals surface area contributed by atoms with E-state index in [1.807, 2.05) is 62.3 Å². The van der Waals surface area contributed by atoms with Gasteiger partial charge in [0.25, 0.3) is 5.91 Å². The Balaban J connectivity index is 2.14. The zero-order valence-corrected chi connectivity index (χ0v) is 17.9. The van der Waals surface area contributed by atoms with Crippen molar-refractivity contribution in [2.24, 2.45) is 0 Å². The van der Waals surface area contributed by atoms with Crippen molar-refractivity contribution >= 4 is 23.1 Å². The molecule has 0 aromatic heterocycles. The van der Waals surface area contributed by atoms with Crippen LogP contribution in [0.5, 0.6) is 5.75 Å². The zero-order valence-electron chi connectivity index (χ0n) is 17.9. The first kappa shape index (κ1) is 21.4. The maximum absolute atomic E-state index is 13.1. The Labute approximate surface area is 177 Å². The summed E-state index contributed by atoms with van der Waals surface area (Å²) in [5, 5.41) is 10.7. The third kappa shape index (κ3) is 3.90. The van der Waals surface area contributed by atoms with Crippen molar-refractivity contribution in [1.82, 2.24) is 0 Å². The number of hydrogen-bond donors (Lipinski definition) is 1. The average Bonchev–Trinajstić information content (AvgIpc) is 3.02. The molecule has 6 heteroatoms. The molecule has 158 valence electrons. The summed E-state index contributed by atoms with van der Waals surface area (Å²) in [4.78, 5) is 29.3. The van der Waals surface area contributed by atoms with Crippen molar-refractivity contribution in [3.8, 4) is 5.75 Å². The number of ketones is 1. The SMILES string of the molecule is CCCOc1ccccc1N1C(=O)C(O)=C(C(=O)CC)C1c1ccc(N(C)C)cc1. The Morgan fingerprint density at radius 3 is 2.37 bits per heavy atom. The third-order valence-corrected chi connectivity index (χ3v) is 5.14. The summed E-state index contributed by atoms with van der Waals surface area (Å²) in [5.41, 5.74) is 2.41. The molecule has 30 heavy (non-hydrogen) atoms. The highest BCUT2D eigenvalue weighted by Crippen LogP contribution is 2.44. The molecule has 1 atom stereocenters. The predicted molar refractivity (Wildman–Crippen MR) is 118 cm³/mol. The van der Waals surface area contributed by atoms with Crippen LogP contribution in [0.2, 0.25) is 0 Å². The molecule has 0 saturated carbocycles. The Morgan fingerprint density at radius 2 is 1.77 bits per heavy atom. The smallest absolute Gasteiger partial charge is 0.294 e. The van der Waals surface area contributed by atoms with E-state index in [0.29, 0.717) is 18.0 Å². The normalized spacial score (nSPS) is 16.2. The second-order valence-corrected chi connectivity index (χ2v) is 7.42. The van der Waals surface area contributed by atoms with Gasteiger partial charge in [-0.15, -0.1) is 0 Å². The van der Waals surface area contributed by atoms with E-state index < -0.39 is 17.7 Å². The van der Waals surface area contributed by atoms with E-state index in [4.69, 9.17) is 4.74 Å². The molecule has 3 rings (SSSR count). The van der Waals surface area contributed by atoms with Gasteiger partial charge in [0.1, 0.15) is 5.75 Å². The number of rotatable bonds is 8. The maximum atomic E-state index is 13.1. The second kappa shape index (κ2) is 9.03. The van der Waals surface area contributed by atoms with Crippen molar-refractivity contribution in [3.63, 3.8) is 0 Å². The summed E-state index contributed by atoms with van der Waals surface area (Å²) in [6.07, 6.45) is 1.02. The molecule has 1 N–H and O–H groups in total. The van der Waals surface area contributed by atoms with E-state index in [9.17, 15) is 14.7 Å². The molecule has 0 spiro atoms. The molecule has 0 aliphatic carbocycles. The Kier molecular flexibility index (Phi) is 6.45. The highest BCUT2D eigenvalue weighted by Gasteiger charge is 2.44. The van der Waals surface area contributed by atoms with Gasteiger partial charge in [-0.2, -0.15) is 0 Å². The lowest BCUT2D eigenvalue weighted by Crippen LogP contribution is -2.31. The molecule has 0 bridgehead atoms. The lowest BCUT2D eigenvalue weighted by Gasteiger charge is -2.28. The summed E-state index contributed by atoms with van der Waals surface area (Å²) in [7, 11) is 3.89. The summed E-state index contributed by atoms with van der Waals surface area (Å²) in [6, 6.07) is 14.1. The predicted octanol–water partition coefficient (Wildman–Crippen LogP) is 4.42. The number of Topliss-reactive ketones (excluding diaryl/α,β-unsaturated/α-hetero) is 1. The number of carbonyl (C=O) groups excluding carboxylic acids is 2. The molecule has 2 aromatic rings. The van der Waals surface area contributed by atoms with E-state index in [1.165, 1.54) is 4.90 Å². The monoisotopic (exact) mass is 408 g/mol.